The molecule has 1 heterocycles. The van der Waals surface area contributed by atoms with E-state index in [9.17, 15) is 9.59 Å². The van der Waals surface area contributed by atoms with Crippen LogP contribution in [0.4, 0.5) is 0 Å². The predicted molar refractivity (Wildman–Crippen MR) is 73.6 cm³/mol. The minimum Gasteiger partial charge on any atom is -0.459 e. The van der Waals surface area contributed by atoms with Gasteiger partial charge in [0, 0.05) is 6.54 Å². The molecule has 1 atom stereocenters. The lowest BCUT2D eigenvalue weighted by molar-refractivity contribution is -0.160. The van der Waals surface area contributed by atoms with Gasteiger partial charge in [0.05, 0.1) is 6.54 Å². The van der Waals surface area contributed by atoms with Crippen LogP contribution in [0.15, 0.2) is 12.7 Å². The first-order valence-corrected chi connectivity index (χ1v) is 6.68. The summed E-state index contributed by atoms with van der Waals surface area (Å²) in [6.45, 7) is 10.5. The van der Waals surface area contributed by atoms with E-state index in [0.29, 0.717) is 6.54 Å². The maximum atomic E-state index is 12.1. The molecule has 0 aliphatic carbocycles. The lowest BCUT2D eigenvalue weighted by atomic mass is 10.1. The van der Waals surface area contributed by atoms with Crippen LogP contribution in [0.25, 0.3) is 0 Å². The number of esters is 1. The van der Waals surface area contributed by atoms with Crippen molar-refractivity contribution in [3.05, 3.63) is 12.7 Å². The molecule has 5 nitrogen and oxygen atoms in total. The Morgan fingerprint density at radius 1 is 1.47 bits per heavy atom. The zero-order valence-electron chi connectivity index (χ0n) is 12.1. The third-order valence-electron chi connectivity index (χ3n) is 2.83. The summed E-state index contributed by atoms with van der Waals surface area (Å²) in [4.78, 5) is 25.6. The standard InChI is InChI=1S/C14H24N2O3/c1-5-8-15-12(17)10-16-9-6-7-11(16)13(18)19-14(2,3)4/h5,11H,1,6-10H2,2-4H3,(H,15,17)/t11-/m0/s1. The summed E-state index contributed by atoms with van der Waals surface area (Å²) in [5.41, 5.74) is -0.490. The highest BCUT2D eigenvalue weighted by atomic mass is 16.6. The Labute approximate surface area is 115 Å². The fourth-order valence-electron chi connectivity index (χ4n) is 2.08. The Balaban J connectivity index is 2.51. The molecule has 0 aromatic carbocycles. The van der Waals surface area contributed by atoms with Gasteiger partial charge in [-0.15, -0.1) is 6.58 Å². The first kappa shape index (κ1) is 15.7. The molecule has 0 bridgehead atoms. The van der Waals surface area contributed by atoms with Crippen molar-refractivity contribution in [3.63, 3.8) is 0 Å². The van der Waals surface area contributed by atoms with Crippen molar-refractivity contribution in [1.82, 2.24) is 10.2 Å². The minimum absolute atomic E-state index is 0.0876. The molecule has 1 N–H and O–H groups in total. The zero-order chi connectivity index (χ0) is 14.5. The van der Waals surface area contributed by atoms with E-state index in [0.717, 1.165) is 19.4 Å². The van der Waals surface area contributed by atoms with Gasteiger partial charge in [-0.05, 0) is 40.2 Å². The van der Waals surface area contributed by atoms with Crippen LogP contribution in [0.1, 0.15) is 33.6 Å². The van der Waals surface area contributed by atoms with Crippen molar-refractivity contribution in [2.45, 2.75) is 45.3 Å². The Morgan fingerprint density at radius 3 is 2.74 bits per heavy atom. The first-order valence-electron chi connectivity index (χ1n) is 6.68. The van der Waals surface area contributed by atoms with Gasteiger partial charge in [-0.2, -0.15) is 0 Å². The molecule has 1 rings (SSSR count). The number of carbonyl (C=O) groups is 2. The van der Waals surface area contributed by atoms with Crippen LogP contribution in [-0.4, -0.2) is 48.1 Å². The van der Waals surface area contributed by atoms with Crippen molar-refractivity contribution in [1.29, 1.82) is 0 Å². The summed E-state index contributed by atoms with van der Waals surface area (Å²) in [6.07, 6.45) is 3.30. The molecule has 0 saturated carbocycles. The molecule has 1 aliphatic rings. The summed E-state index contributed by atoms with van der Waals surface area (Å²) in [7, 11) is 0. The van der Waals surface area contributed by atoms with E-state index in [1.807, 2.05) is 25.7 Å². The minimum atomic E-state index is -0.490. The van der Waals surface area contributed by atoms with Crippen molar-refractivity contribution >= 4 is 11.9 Å². The van der Waals surface area contributed by atoms with Gasteiger partial charge >= 0.3 is 5.97 Å². The summed E-state index contributed by atoms with van der Waals surface area (Å²) < 4.78 is 5.39. The summed E-state index contributed by atoms with van der Waals surface area (Å²) in [5, 5.41) is 2.72. The quantitative estimate of drug-likeness (QED) is 0.599. The zero-order valence-corrected chi connectivity index (χ0v) is 12.1. The molecule has 0 spiro atoms. The van der Waals surface area contributed by atoms with E-state index in [1.165, 1.54) is 0 Å². The lowest BCUT2D eigenvalue weighted by Crippen LogP contribution is -2.45. The van der Waals surface area contributed by atoms with Crippen molar-refractivity contribution in [2.24, 2.45) is 0 Å². The summed E-state index contributed by atoms with van der Waals surface area (Å²) >= 11 is 0. The second kappa shape index (κ2) is 6.70. The largest absolute Gasteiger partial charge is 0.459 e. The van der Waals surface area contributed by atoms with Gasteiger partial charge in [-0.25, -0.2) is 0 Å². The second-order valence-corrected chi connectivity index (χ2v) is 5.75. The van der Waals surface area contributed by atoms with Gasteiger partial charge in [0.1, 0.15) is 11.6 Å². The SMILES string of the molecule is C=CCNC(=O)CN1CCC[C@H]1C(=O)OC(C)(C)C. The Hall–Kier alpha value is -1.36. The number of rotatable bonds is 5. The molecule has 5 heteroatoms. The smallest absolute Gasteiger partial charge is 0.323 e. The third-order valence-corrected chi connectivity index (χ3v) is 2.83. The lowest BCUT2D eigenvalue weighted by Gasteiger charge is -2.26. The highest BCUT2D eigenvalue weighted by Crippen LogP contribution is 2.20. The highest BCUT2D eigenvalue weighted by Gasteiger charge is 2.34. The highest BCUT2D eigenvalue weighted by molar-refractivity contribution is 5.81. The number of hydrogen-bond acceptors (Lipinski definition) is 4. The molecule has 0 aromatic heterocycles. The van der Waals surface area contributed by atoms with E-state index >= 15 is 0 Å². The van der Waals surface area contributed by atoms with Gasteiger partial charge < -0.3 is 10.1 Å². The number of ether oxygens (including phenoxy) is 1. The average molecular weight is 268 g/mol. The van der Waals surface area contributed by atoms with E-state index in [-0.39, 0.29) is 24.5 Å². The van der Waals surface area contributed by atoms with Crippen LogP contribution in [0.2, 0.25) is 0 Å². The van der Waals surface area contributed by atoms with Crippen LogP contribution in [0.3, 0.4) is 0 Å². The third kappa shape index (κ3) is 5.42. The molecular formula is C14H24N2O3. The molecular weight excluding hydrogens is 244 g/mol. The Kier molecular flexibility index (Phi) is 5.54. The normalized spacial score (nSPS) is 20.1. The number of carbonyl (C=O) groups excluding carboxylic acids is 2. The topological polar surface area (TPSA) is 58.6 Å². The molecule has 0 radical (unpaired) electrons. The number of hydrogen-bond donors (Lipinski definition) is 1. The molecule has 108 valence electrons. The van der Waals surface area contributed by atoms with E-state index in [1.54, 1.807) is 6.08 Å². The maximum Gasteiger partial charge on any atom is 0.323 e. The molecule has 19 heavy (non-hydrogen) atoms. The maximum absolute atomic E-state index is 12.1. The fourth-order valence-corrected chi connectivity index (χ4v) is 2.08. The average Bonchev–Trinajstić information content (AvgIpc) is 2.72. The molecule has 1 amide bonds. The fraction of sp³-hybridized carbons (Fsp3) is 0.714. The van der Waals surface area contributed by atoms with Crippen LogP contribution < -0.4 is 5.32 Å². The van der Waals surface area contributed by atoms with Crippen molar-refractivity contribution in [3.8, 4) is 0 Å². The molecule has 1 fully saturated rings. The van der Waals surface area contributed by atoms with E-state index < -0.39 is 5.60 Å². The monoisotopic (exact) mass is 268 g/mol. The molecule has 1 saturated heterocycles. The molecule has 0 aromatic rings. The van der Waals surface area contributed by atoms with Crippen LogP contribution >= 0.6 is 0 Å². The number of amides is 1. The van der Waals surface area contributed by atoms with E-state index in [2.05, 4.69) is 11.9 Å². The van der Waals surface area contributed by atoms with Crippen molar-refractivity contribution < 1.29 is 14.3 Å². The Morgan fingerprint density at radius 2 is 2.16 bits per heavy atom. The van der Waals surface area contributed by atoms with Gasteiger partial charge in [-0.3, -0.25) is 14.5 Å². The molecule has 0 unspecified atom stereocenters. The number of nitrogens with one attached hydrogen (secondary N) is 1. The van der Waals surface area contributed by atoms with E-state index in [4.69, 9.17) is 4.74 Å². The molecule has 1 aliphatic heterocycles. The van der Waals surface area contributed by atoms with Crippen LogP contribution in [-0.2, 0) is 14.3 Å². The van der Waals surface area contributed by atoms with Gasteiger partial charge in [0.25, 0.3) is 0 Å². The first-order chi connectivity index (χ1) is 8.83. The van der Waals surface area contributed by atoms with Gasteiger partial charge in [0.2, 0.25) is 5.91 Å². The van der Waals surface area contributed by atoms with Gasteiger partial charge in [-0.1, -0.05) is 6.08 Å². The predicted octanol–water partition coefficient (Wildman–Crippen LogP) is 1.09. The number of likely N-dealkylation sites (tertiary alicyclic amines) is 1. The summed E-state index contributed by atoms with van der Waals surface area (Å²) in [6, 6.07) is -0.297. The Bertz CT molecular complexity index is 347. The van der Waals surface area contributed by atoms with Crippen molar-refractivity contribution in [2.75, 3.05) is 19.6 Å². The summed E-state index contributed by atoms with van der Waals surface area (Å²) in [5.74, 6) is -0.322. The van der Waals surface area contributed by atoms with Crippen LogP contribution in [0.5, 0.6) is 0 Å². The van der Waals surface area contributed by atoms with Crippen LogP contribution in [0, 0.1) is 0 Å². The second-order valence-electron chi connectivity index (χ2n) is 5.75. The van der Waals surface area contributed by atoms with Gasteiger partial charge in [0.15, 0.2) is 0 Å². The number of nitrogens with zero attached hydrogens (tertiary/aromatic N) is 1.